The van der Waals surface area contributed by atoms with Crippen molar-refractivity contribution in [3.05, 3.63) is 116 Å². The molecule has 10 aliphatic rings. The van der Waals surface area contributed by atoms with E-state index in [1.165, 1.54) is 79.1 Å². The van der Waals surface area contributed by atoms with Crippen LogP contribution in [0.2, 0.25) is 0 Å². The van der Waals surface area contributed by atoms with E-state index in [4.69, 9.17) is 123 Å². The molecule has 652 valence electrons. The molecule has 0 spiro atoms. The first-order valence-electron chi connectivity index (χ1n) is 66.2. The average molecular weight is 1680 g/mol. The van der Waals surface area contributed by atoms with Crippen molar-refractivity contribution in [3.8, 4) is 57.5 Å². The molecule has 10 heterocycles. The van der Waals surface area contributed by atoms with Gasteiger partial charge in [0.05, 0.1) is 114 Å². The van der Waals surface area contributed by atoms with Gasteiger partial charge in [-0.3, -0.25) is 24.5 Å². The zero-order valence-electron chi connectivity index (χ0n) is 123. The molecule has 5 saturated heterocycles. The zero-order valence-corrected chi connectivity index (χ0v) is 68.4. The number of aliphatic hydroxyl groups is 5. The van der Waals surface area contributed by atoms with Crippen LogP contribution in [0.25, 0.3) is 0 Å². The monoisotopic (exact) mass is 1680 g/mol. The lowest BCUT2D eigenvalue weighted by molar-refractivity contribution is -0.0259. The van der Waals surface area contributed by atoms with E-state index in [-0.39, 0.29) is 133 Å². The Morgan fingerprint density at radius 1 is 0.325 bits per heavy atom. The highest BCUT2D eigenvalue weighted by Gasteiger charge is 2.45. The molecule has 0 aliphatic carbocycles. The SMILES string of the molecule is [2H]C([2H])([2H])Oc1cc2c(cc1OC)C([2H])([2H])C([2H])([2H])N1C2CC(O)C(C([2H])([2H])C(C)(C([2H])([2H])[2H])C([2H])([2H])[2H])C1([2H])[2H].[2H]C([2H])([2H])Oc1cc2c(cc1OC)C([2H])([2H])C([2H])([2H])N1C2CC(O)C(CC(C)C)C1([2H])[2H].[2H]C([2H])([2H])Oc1cc2c(cc1OC)C1CC(O)C(CC(C)C)C([2H])([2H])N1C([2H])([2H])C2([2H])[2H].[2H]C1([2H])C(C([2H])([2H])C(C)(C([2H])([2H])[2H])C([2H])([2H])[2H])C(O)CC2c3cc(OC)c(OC)cc3C([2H])([2H])C([2H])([2H])N21.[2H]C1([2H])C(CC(C)C)C(O)CC2c3cc(OC)c(OC)cc3C([2H])([2H])C([2H])([2H])N21. The molecule has 0 radical (unpaired) electrons. The zero-order chi connectivity index (χ0) is 133. The summed E-state index contributed by atoms with van der Waals surface area (Å²) in [7, 11) is 0.507. The van der Waals surface area contributed by atoms with E-state index >= 15 is 0 Å². The second kappa shape index (κ2) is 40.1. The van der Waals surface area contributed by atoms with Crippen LogP contribution in [0.1, 0.15) is 308 Å². The summed E-state index contributed by atoms with van der Waals surface area (Å²) in [5.41, 5.74) is -6.51. The number of hydrogen-bond acceptors (Lipinski definition) is 20. The number of nitrogens with zero attached hydrogens (tertiary/aromatic N) is 5. The van der Waals surface area contributed by atoms with E-state index in [1.54, 1.807) is 6.07 Å². The summed E-state index contributed by atoms with van der Waals surface area (Å²) in [5, 5.41) is 54.9. The fourth-order valence-electron chi connectivity index (χ4n) is 15.8. The van der Waals surface area contributed by atoms with Gasteiger partial charge in [-0.2, -0.15) is 0 Å². The molecule has 20 heteroatoms. The van der Waals surface area contributed by atoms with Gasteiger partial charge in [0.2, 0.25) is 0 Å². The molecule has 15 rings (SSSR count). The average Bonchev–Trinajstić information content (AvgIpc) is 0.790. The highest BCUT2D eigenvalue weighted by atomic mass is 16.5. The fourth-order valence-corrected chi connectivity index (χ4v) is 15.8. The summed E-state index contributed by atoms with van der Waals surface area (Å²) in [6.07, 6.45) is -28.4. The molecular formula is C97H149N5O15. The van der Waals surface area contributed by atoms with Gasteiger partial charge in [0, 0.05) is 158 Å². The van der Waals surface area contributed by atoms with Crippen molar-refractivity contribution in [3.63, 3.8) is 0 Å². The number of aliphatic hydroxyl groups excluding tert-OH is 5. The Kier molecular flexibility index (Phi) is 14.8. The smallest absolute Gasteiger partial charge is 0.161 e. The summed E-state index contributed by atoms with van der Waals surface area (Å²) in [6.45, 7) is -29.8. The van der Waals surface area contributed by atoms with Gasteiger partial charge in [0.25, 0.3) is 0 Å². The molecule has 0 aromatic heterocycles. The molecule has 5 N–H and O–H groups in total. The number of methoxy groups -OCH3 is 10. The number of aryl methyl sites for hydroxylation is 5. The summed E-state index contributed by atoms with van der Waals surface area (Å²) in [5.74, 6) is -7.79. The van der Waals surface area contributed by atoms with Crippen molar-refractivity contribution >= 4 is 0 Å². The largest absolute Gasteiger partial charge is 0.493 e. The Balaban J connectivity index is 0.000000202. The molecule has 10 aliphatic heterocycles. The van der Waals surface area contributed by atoms with Gasteiger partial charge in [-0.05, 0) is 270 Å². The summed E-state index contributed by atoms with van der Waals surface area (Å²) in [4.78, 5) is 3.53. The Morgan fingerprint density at radius 2 is 0.513 bits per heavy atom. The lowest BCUT2D eigenvalue weighted by atomic mass is 9.75. The predicted molar refractivity (Wildman–Crippen MR) is 465 cm³/mol. The number of fused-ring (bicyclic) bond motifs is 15. The highest BCUT2D eigenvalue weighted by molar-refractivity contribution is 5.54. The Hall–Kier alpha value is -6.30. The minimum absolute atomic E-state index is 0.00237. The standard InChI is InChI=1S/2C20H31NO3.3C19H29NO3/c2*1-20(2,3)11-14-12-21-7-6-13-8-18(23-4)19(24-5)9-15(13)16(21)10-17(14)22;3*1-12(2)7-14-11-20-6-5-13-8-18(22-3)19(23-4)9-15(13)16(20)10-17(14)21/h2*8-9,14,16-17,22H,6-7,10-12H2,1-5H3;3*8-9,12,14,16-17,21H,5-7,10-11H2,1-4H3/i1D3,2D3,5D3,6D2,7D2,11D2,12D2;1D3,2D3,6D2,7D2,11D2,12D2;4D3,5D2,6D2,11D2;3D3,5D2,6D2,11D2;5D2,6D2,11D2. The van der Waals surface area contributed by atoms with Crippen molar-refractivity contribution < 1.29 is 148 Å². The number of ether oxygens (including phenoxy) is 10. The molecule has 15 atom stereocenters. The molecule has 5 aromatic carbocycles. The second-order valence-electron chi connectivity index (χ2n) is 31.6. The van der Waals surface area contributed by atoms with Crippen LogP contribution in [-0.4, -0.2) is 216 Å². The van der Waals surface area contributed by atoms with E-state index in [9.17, 15) is 25.5 Å². The van der Waals surface area contributed by atoms with Crippen molar-refractivity contribution in [2.24, 2.45) is 58.2 Å². The van der Waals surface area contributed by atoms with Crippen molar-refractivity contribution in [1.29, 1.82) is 0 Å². The topological polar surface area (TPSA) is 210 Å². The summed E-state index contributed by atoms with van der Waals surface area (Å²) in [6, 6.07) is 6.70. The Bertz CT molecular complexity index is 6530. The first kappa shape index (κ1) is 43.2. The van der Waals surface area contributed by atoms with Gasteiger partial charge in [-0.15, -0.1) is 0 Å². The number of benzene rings is 5. The molecular weight excluding hydrogens is 1480 g/mol. The Morgan fingerprint density at radius 3 is 0.709 bits per heavy atom. The van der Waals surface area contributed by atoms with Crippen LogP contribution in [0, 0.1) is 58.2 Å². The first-order chi connectivity index (χ1) is 77.1. The first-order valence-corrected chi connectivity index (χ1v) is 38.7. The lowest BCUT2D eigenvalue weighted by Gasteiger charge is -2.47. The van der Waals surface area contributed by atoms with Gasteiger partial charge in [0.15, 0.2) is 57.5 Å². The van der Waals surface area contributed by atoms with Gasteiger partial charge in [-0.25, -0.2) is 0 Å². The van der Waals surface area contributed by atoms with Crippen LogP contribution in [-0.2, 0) is 31.9 Å². The molecule has 0 saturated carbocycles. The van der Waals surface area contributed by atoms with Crippen molar-refractivity contribution in [2.45, 2.75) is 240 Å². The van der Waals surface area contributed by atoms with Gasteiger partial charge < -0.3 is 72.9 Å². The molecule has 5 fully saturated rings. The molecule has 0 bridgehead atoms. The molecule has 0 amide bonds. The second-order valence-corrected chi connectivity index (χ2v) is 31.6. The summed E-state index contributed by atoms with van der Waals surface area (Å²) < 4.78 is 509. The van der Waals surface area contributed by atoms with Crippen LogP contribution >= 0.6 is 0 Å². The minimum Gasteiger partial charge on any atom is -0.493 e. The van der Waals surface area contributed by atoms with Gasteiger partial charge in [-0.1, -0.05) is 82.8 Å². The van der Waals surface area contributed by atoms with Gasteiger partial charge >= 0.3 is 0 Å². The fraction of sp³-hybridized carbons (Fsp3) is 0.691. The van der Waals surface area contributed by atoms with Crippen molar-refractivity contribution in [2.75, 3.05) is 136 Å². The van der Waals surface area contributed by atoms with E-state index in [0.717, 1.165) is 40.0 Å². The number of hydrogen-bond donors (Lipinski definition) is 5. The van der Waals surface area contributed by atoms with Crippen LogP contribution in [0.15, 0.2) is 60.7 Å². The number of piperidine rings is 5. The third-order valence-electron chi connectivity index (χ3n) is 21.4. The van der Waals surface area contributed by atoms with E-state index in [0.29, 0.717) is 54.2 Å². The maximum absolute atomic E-state index is 11.2. The van der Waals surface area contributed by atoms with Crippen LogP contribution in [0.3, 0.4) is 0 Å². The molecule has 117 heavy (non-hydrogen) atoms. The maximum atomic E-state index is 11.2. The van der Waals surface area contributed by atoms with Crippen LogP contribution in [0.5, 0.6) is 57.5 Å². The summed E-state index contributed by atoms with van der Waals surface area (Å²) >= 11 is 0. The van der Waals surface area contributed by atoms with E-state index in [2.05, 4.69) is 0 Å². The Labute approximate surface area is 779 Å². The molecule has 20 nitrogen and oxygen atoms in total. The molecule has 5 aromatic rings. The third kappa shape index (κ3) is 22.0. The lowest BCUT2D eigenvalue weighted by Crippen LogP contribution is -2.48. The quantitative estimate of drug-likeness (QED) is 0.0552. The minimum atomic E-state index is -3.55. The molecule has 15 unspecified atom stereocenters. The third-order valence-corrected chi connectivity index (χ3v) is 21.4. The highest BCUT2D eigenvalue weighted by Crippen LogP contribution is 2.51. The number of rotatable bonds is 18. The van der Waals surface area contributed by atoms with Crippen molar-refractivity contribution in [1.82, 2.24) is 24.5 Å². The van der Waals surface area contributed by atoms with Crippen LogP contribution < -0.4 is 47.4 Å². The van der Waals surface area contributed by atoms with Crippen LogP contribution in [0.4, 0.5) is 0 Å². The maximum Gasteiger partial charge on any atom is 0.161 e. The van der Waals surface area contributed by atoms with Gasteiger partial charge in [0.1, 0.15) is 0 Å². The van der Waals surface area contributed by atoms with E-state index < -0.39 is 278 Å². The predicted octanol–water partition coefficient (Wildman–Crippen LogP) is 15.9. The normalized spacial score (nSPS) is 41.8. The van der Waals surface area contributed by atoms with E-state index in [1.807, 2.05) is 41.5 Å².